The van der Waals surface area contributed by atoms with Crippen molar-refractivity contribution in [3.63, 3.8) is 0 Å². The molecule has 0 nitrogen and oxygen atoms in total. The molecule has 0 heterocycles. The maximum atomic E-state index is 2.23. The molecule has 0 bridgehead atoms. The highest BCUT2D eigenvalue weighted by Crippen LogP contribution is 2.17. The molecule has 0 radical (unpaired) electrons. The second-order valence-corrected chi connectivity index (χ2v) is 6.76. The van der Waals surface area contributed by atoms with Crippen LogP contribution in [0.3, 0.4) is 0 Å². The van der Waals surface area contributed by atoms with Gasteiger partial charge in [-0.3, -0.25) is 0 Å². The zero-order chi connectivity index (χ0) is 11.8. The van der Waals surface area contributed by atoms with E-state index >= 15 is 0 Å². The molecule has 0 amide bonds. The van der Waals surface area contributed by atoms with Gasteiger partial charge >= 0.3 is 0 Å². The lowest BCUT2D eigenvalue weighted by molar-refractivity contribution is 1.62. The molecule has 92 valence electrons. The van der Waals surface area contributed by atoms with Gasteiger partial charge in [0, 0.05) is 0 Å². The van der Waals surface area contributed by atoms with Gasteiger partial charge in [-0.2, -0.15) is 0 Å². The predicted octanol–water partition coefficient (Wildman–Crippen LogP) is 5.29. The van der Waals surface area contributed by atoms with E-state index in [-0.39, 0.29) is 17.0 Å². The van der Waals surface area contributed by atoms with Crippen LogP contribution in [0.15, 0.2) is 60.7 Å². The molecule has 0 N–H and O–H groups in total. The molecule has 0 aromatic heterocycles. The molecule has 0 aliphatic heterocycles. The smallest absolute Gasteiger partial charge is 0.0184 e. The van der Waals surface area contributed by atoms with Gasteiger partial charge in [0.15, 0.2) is 0 Å². The molecule has 0 atom stereocenters. The van der Waals surface area contributed by atoms with Crippen molar-refractivity contribution < 1.29 is 0 Å². The van der Waals surface area contributed by atoms with Crippen molar-refractivity contribution in [2.24, 2.45) is 0 Å². The van der Waals surface area contributed by atoms with Crippen LogP contribution >= 0.6 is 24.9 Å². The van der Waals surface area contributed by atoms with Crippen LogP contribution in [-0.2, 0) is 0 Å². The molecule has 2 aromatic carbocycles. The van der Waals surface area contributed by atoms with E-state index in [1.807, 2.05) is 12.1 Å². The standard InChI is InChI=1S/C12H10.C3H9P.BrH/c1-3-7-11(8-4-1)12-9-5-2-6-10-12;1-4(2)3;/h1-10H;1-3H3;1H. The van der Waals surface area contributed by atoms with Gasteiger partial charge in [-0.1, -0.05) is 60.7 Å². The Balaban J connectivity index is 0.000000453. The van der Waals surface area contributed by atoms with E-state index in [2.05, 4.69) is 68.5 Å². The van der Waals surface area contributed by atoms with Crippen LogP contribution < -0.4 is 0 Å². The molecule has 0 saturated carbocycles. The second kappa shape index (κ2) is 9.39. The number of halogens is 1. The number of hydrogen-bond donors (Lipinski definition) is 0. The fraction of sp³-hybridized carbons (Fsp3) is 0.200. The lowest BCUT2D eigenvalue weighted by Crippen LogP contribution is -1.73. The molecular formula is C15H20BrP. The third-order valence-electron chi connectivity index (χ3n) is 1.88. The molecule has 2 heteroatoms. The van der Waals surface area contributed by atoms with Crippen molar-refractivity contribution in [3.05, 3.63) is 60.7 Å². The Kier molecular flexibility index (Phi) is 9.03. The second-order valence-electron chi connectivity index (χ2n) is 4.07. The molecule has 0 unspecified atom stereocenters. The summed E-state index contributed by atoms with van der Waals surface area (Å²) in [6, 6.07) is 20.8. The van der Waals surface area contributed by atoms with E-state index in [1.165, 1.54) is 11.1 Å². The summed E-state index contributed by atoms with van der Waals surface area (Å²) in [4.78, 5) is 0. The third kappa shape index (κ3) is 7.31. The Hall–Kier alpha value is -0.650. The summed E-state index contributed by atoms with van der Waals surface area (Å²) in [5.41, 5.74) is 2.55. The molecule has 2 aromatic rings. The molecular weight excluding hydrogens is 291 g/mol. The van der Waals surface area contributed by atoms with Crippen molar-refractivity contribution in [1.29, 1.82) is 0 Å². The third-order valence-corrected chi connectivity index (χ3v) is 1.88. The van der Waals surface area contributed by atoms with Gasteiger partial charge in [-0.25, -0.2) is 0 Å². The van der Waals surface area contributed by atoms with Crippen LogP contribution in [0.5, 0.6) is 0 Å². The number of benzene rings is 2. The van der Waals surface area contributed by atoms with Crippen molar-refractivity contribution in [3.8, 4) is 11.1 Å². The number of rotatable bonds is 1. The fourth-order valence-corrected chi connectivity index (χ4v) is 1.26. The quantitative estimate of drug-likeness (QED) is 0.628. The van der Waals surface area contributed by atoms with Gasteiger partial charge in [0.25, 0.3) is 0 Å². The first-order valence-electron chi connectivity index (χ1n) is 5.41. The zero-order valence-corrected chi connectivity index (χ0v) is 13.2. The first-order chi connectivity index (χ1) is 7.70. The van der Waals surface area contributed by atoms with Gasteiger partial charge in [0.1, 0.15) is 0 Å². The van der Waals surface area contributed by atoms with Gasteiger partial charge in [-0.15, -0.1) is 24.9 Å². The Morgan fingerprint density at radius 2 is 0.824 bits per heavy atom. The summed E-state index contributed by atoms with van der Waals surface area (Å²) >= 11 is 0. The Labute approximate surface area is 117 Å². The Morgan fingerprint density at radius 1 is 0.588 bits per heavy atom. The Morgan fingerprint density at radius 3 is 1.06 bits per heavy atom. The van der Waals surface area contributed by atoms with Crippen LogP contribution in [0.1, 0.15) is 0 Å². The minimum absolute atomic E-state index is 0. The first kappa shape index (κ1) is 16.4. The molecule has 17 heavy (non-hydrogen) atoms. The van der Waals surface area contributed by atoms with Gasteiger partial charge in [0.2, 0.25) is 0 Å². The van der Waals surface area contributed by atoms with Crippen LogP contribution in [0.25, 0.3) is 11.1 Å². The molecule has 0 saturated heterocycles. The summed E-state index contributed by atoms with van der Waals surface area (Å²) in [7, 11) is 0.380. The Bertz CT molecular complexity index is 344. The van der Waals surface area contributed by atoms with Crippen molar-refractivity contribution in [2.45, 2.75) is 0 Å². The van der Waals surface area contributed by atoms with Crippen LogP contribution in [-0.4, -0.2) is 20.0 Å². The average molecular weight is 311 g/mol. The van der Waals surface area contributed by atoms with E-state index in [0.717, 1.165) is 0 Å². The minimum Gasteiger partial charge on any atom is -0.116 e. The lowest BCUT2D eigenvalue weighted by atomic mass is 10.1. The zero-order valence-electron chi connectivity index (χ0n) is 10.6. The SMILES string of the molecule is Br.CP(C)C.c1ccc(-c2ccccc2)cc1. The molecule has 0 spiro atoms. The lowest BCUT2D eigenvalue weighted by Gasteiger charge is -1.98. The summed E-state index contributed by atoms with van der Waals surface area (Å²) in [6.45, 7) is 6.69. The first-order valence-corrected chi connectivity index (χ1v) is 8.10. The van der Waals surface area contributed by atoms with Crippen LogP contribution in [0, 0.1) is 0 Å². The fourth-order valence-electron chi connectivity index (χ4n) is 1.26. The van der Waals surface area contributed by atoms with Gasteiger partial charge < -0.3 is 0 Å². The van der Waals surface area contributed by atoms with E-state index < -0.39 is 0 Å². The van der Waals surface area contributed by atoms with E-state index in [0.29, 0.717) is 7.92 Å². The van der Waals surface area contributed by atoms with E-state index in [4.69, 9.17) is 0 Å². The molecule has 2 rings (SSSR count). The maximum absolute atomic E-state index is 2.23. The normalized spacial score (nSPS) is 8.94. The monoisotopic (exact) mass is 310 g/mol. The highest BCUT2D eigenvalue weighted by atomic mass is 79.9. The van der Waals surface area contributed by atoms with Crippen molar-refractivity contribution >= 4 is 24.9 Å². The van der Waals surface area contributed by atoms with Crippen molar-refractivity contribution in [2.75, 3.05) is 20.0 Å². The maximum Gasteiger partial charge on any atom is -0.0184 e. The van der Waals surface area contributed by atoms with Gasteiger partial charge in [0.05, 0.1) is 0 Å². The van der Waals surface area contributed by atoms with Gasteiger partial charge in [-0.05, 0) is 31.1 Å². The van der Waals surface area contributed by atoms with Crippen LogP contribution in [0.2, 0.25) is 0 Å². The highest BCUT2D eigenvalue weighted by Gasteiger charge is 1.91. The molecule has 0 aliphatic carbocycles. The van der Waals surface area contributed by atoms with E-state index in [1.54, 1.807) is 0 Å². The molecule has 0 fully saturated rings. The summed E-state index contributed by atoms with van der Waals surface area (Å²) < 4.78 is 0. The summed E-state index contributed by atoms with van der Waals surface area (Å²) in [6.07, 6.45) is 0. The van der Waals surface area contributed by atoms with Crippen molar-refractivity contribution in [1.82, 2.24) is 0 Å². The van der Waals surface area contributed by atoms with Crippen LogP contribution in [0.4, 0.5) is 0 Å². The summed E-state index contributed by atoms with van der Waals surface area (Å²) in [5.74, 6) is 0. The molecule has 0 aliphatic rings. The largest absolute Gasteiger partial charge is 0.116 e. The average Bonchev–Trinajstić information content (AvgIpc) is 2.31. The van der Waals surface area contributed by atoms with E-state index in [9.17, 15) is 0 Å². The predicted molar refractivity (Wildman–Crippen MR) is 86.9 cm³/mol. The number of hydrogen-bond acceptors (Lipinski definition) is 0. The summed E-state index contributed by atoms with van der Waals surface area (Å²) in [5, 5.41) is 0. The minimum atomic E-state index is 0. The topological polar surface area (TPSA) is 0 Å². The highest BCUT2D eigenvalue weighted by molar-refractivity contribution is 8.93.